The highest BCUT2D eigenvalue weighted by molar-refractivity contribution is 14.0. The Balaban J connectivity index is 0.00000320. The van der Waals surface area contributed by atoms with Gasteiger partial charge in [0.1, 0.15) is 5.76 Å². The third-order valence-corrected chi connectivity index (χ3v) is 5.55. The fourth-order valence-electron chi connectivity index (χ4n) is 2.73. The largest absolute Gasteiger partial charge is 0.469 e. The zero-order chi connectivity index (χ0) is 20.3. The summed E-state index contributed by atoms with van der Waals surface area (Å²) in [4.78, 5) is 5.89. The van der Waals surface area contributed by atoms with Gasteiger partial charge in [0.25, 0.3) is 0 Å². The van der Waals surface area contributed by atoms with Crippen LogP contribution in [-0.2, 0) is 19.9 Å². The van der Waals surface area contributed by atoms with Crippen molar-refractivity contribution in [1.29, 1.82) is 0 Å². The van der Waals surface area contributed by atoms with E-state index in [1.807, 2.05) is 60.4 Å². The van der Waals surface area contributed by atoms with Crippen molar-refractivity contribution in [3.8, 4) is 0 Å². The van der Waals surface area contributed by atoms with Crippen LogP contribution in [0.5, 0.6) is 0 Å². The summed E-state index contributed by atoms with van der Waals surface area (Å²) in [5.74, 6) is 2.69. The van der Waals surface area contributed by atoms with Crippen LogP contribution in [0.25, 0.3) is 0 Å². The van der Waals surface area contributed by atoms with E-state index in [1.54, 1.807) is 18.0 Å². The van der Waals surface area contributed by atoms with Gasteiger partial charge in [-0.1, -0.05) is 11.6 Å². The molecule has 0 saturated carbocycles. The Labute approximate surface area is 203 Å². The molecule has 2 heterocycles. The topological polar surface area (TPSA) is 67.4 Å². The van der Waals surface area contributed by atoms with Crippen molar-refractivity contribution in [3.05, 3.63) is 71.4 Å². The molecule has 0 radical (unpaired) electrons. The number of aromatic nitrogens is 2. The lowest BCUT2D eigenvalue weighted by molar-refractivity contribution is 0.510. The number of hydrogen-bond acceptors (Lipinski definition) is 4. The molecule has 0 aliphatic carbocycles. The fourth-order valence-corrected chi connectivity index (χ4v) is 3.63. The van der Waals surface area contributed by atoms with Crippen LogP contribution < -0.4 is 10.6 Å². The zero-order valence-electron chi connectivity index (χ0n) is 16.9. The maximum absolute atomic E-state index is 5.94. The summed E-state index contributed by atoms with van der Waals surface area (Å²) in [5, 5.41) is 11.8. The molecule has 162 valence electrons. The highest BCUT2D eigenvalue weighted by atomic mass is 127. The Hall–Kier alpha value is -1.65. The Morgan fingerprint density at radius 2 is 1.93 bits per heavy atom. The van der Waals surface area contributed by atoms with E-state index < -0.39 is 0 Å². The predicted octanol–water partition coefficient (Wildman–Crippen LogP) is 4.40. The van der Waals surface area contributed by atoms with Crippen LogP contribution in [0.2, 0.25) is 5.02 Å². The number of aliphatic imine (C=N–C) groups is 1. The monoisotopic (exact) mass is 559 g/mol. The predicted molar refractivity (Wildman–Crippen MR) is 135 cm³/mol. The van der Waals surface area contributed by atoms with Gasteiger partial charge >= 0.3 is 0 Å². The summed E-state index contributed by atoms with van der Waals surface area (Å²) >= 11 is 7.72. The second-order valence-electron chi connectivity index (χ2n) is 6.41. The summed E-state index contributed by atoms with van der Waals surface area (Å²) in [6.07, 6.45) is 5.17. The van der Waals surface area contributed by atoms with E-state index in [0.29, 0.717) is 6.54 Å². The summed E-state index contributed by atoms with van der Waals surface area (Å²) in [7, 11) is 1.96. The number of halogens is 2. The lowest BCUT2D eigenvalue weighted by Gasteiger charge is -2.13. The Kier molecular flexibility index (Phi) is 11.2. The number of nitrogens with one attached hydrogen (secondary N) is 2. The average molecular weight is 560 g/mol. The van der Waals surface area contributed by atoms with Gasteiger partial charge in [-0.05, 0) is 42.5 Å². The van der Waals surface area contributed by atoms with E-state index in [0.717, 1.165) is 48.4 Å². The molecule has 3 aromatic rings. The van der Waals surface area contributed by atoms with Crippen molar-refractivity contribution < 1.29 is 4.42 Å². The van der Waals surface area contributed by atoms with Gasteiger partial charge in [-0.15, -0.1) is 35.7 Å². The van der Waals surface area contributed by atoms with Crippen LogP contribution in [0.3, 0.4) is 0 Å². The molecule has 0 aliphatic heterocycles. The van der Waals surface area contributed by atoms with Crippen LogP contribution in [0.1, 0.15) is 11.5 Å². The van der Waals surface area contributed by atoms with Crippen LogP contribution in [-0.4, -0.2) is 41.1 Å². The Bertz CT molecular complexity index is 883. The molecule has 9 heteroatoms. The molecule has 0 saturated heterocycles. The molecule has 6 nitrogen and oxygen atoms in total. The standard InChI is InChI=1S/C21H26ClN5OS.HI/c1-27-18(9-13-26-27)8-11-23-21(24-12-10-19-3-2-15-28-19)25-14-16-29-20-6-4-17(22)5-7-20;/h2-7,9,13,15H,8,10-12,14,16H2,1H3,(H2,23,24,25);1H. The summed E-state index contributed by atoms with van der Waals surface area (Å²) in [5.41, 5.74) is 1.19. The number of nitrogens with zero attached hydrogens (tertiary/aromatic N) is 3. The molecule has 0 unspecified atom stereocenters. The molecular weight excluding hydrogens is 533 g/mol. The van der Waals surface area contributed by atoms with Crippen molar-refractivity contribution in [2.75, 3.05) is 25.4 Å². The van der Waals surface area contributed by atoms with Crippen LogP contribution in [0, 0.1) is 0 Å². The number of benzene rings is 1. The van der Waals surface area contributed by atoms with E-state index in [2.05, 4.69) is 20.7 Å². The second kappa shape index (κ2) is 13.6. The van der Waals surface area contributed by atoms with Crippen LogP contribution >= 0.6 is 47.3 Å². The first-order chi connectivity index (χ1) is 14.2. The van der Waals surface area contributed by atoms with Gasteiger partial charge < -0.3 is 15.1 Å². The van der Waals surface area contributed by atoms with Crippen molar-refractivity contribution in [2.24, 2.45) is 12.0 Å². The molecule has 0 bridgehead atoms. The number of rotatable bonds is 10. The summed E-state index contributed by atoms with van der Waals surface area (Å²) in [6.45, 7) is 2.26. The molecule has 0 spiro atoms. The van der Waals surface area contributed by atoms with Crippen molar-refractivity contribution in [3.63, 3.8) is 0 Å². The molecule has 0 fully saturated rings. The quantitative estimate of drug-likeness (QED) is 0.127. The average Bonchev–Trinajstić information content (AvgIpc) is 3.38. The fraction of sp³-hybridized carbons (Fsp3) is 0.333. The SMILES string of the molecule is Cn1nccc1CCNC(=NCCc1ccco1)NCCSc1ccc(Cl)cc1.I. The molecule has 0 atom stereocenters. The minimum atomic E-state index is 0. The minimum absolute atomic E-state index is 0. The van der Waals surface area contributed by atoms with Gasteiger partial charge in [-0.2, -0.15) is 5.10 Å². The van der Waals surface area contributed by atoms with Crippen molar-refractivity contribution >= 4 is 53.3 Å². The zero-order valence-corrected chi connectivity index (χ0v) is 20.8. The minimum Gasteiger partial charge on any atom is -0.469 e. The van der Waals surface area contributed by atoms with Gasteiger partial charge in [0.2, 0.25) is 0 Å². The van der Waals surface area contributed by atoms with Gasteiger partial charge in [-0.25, -0.2) is 0 Å². The maximum Gasteiger partial charge on any atom is 0.191 e. The summed E-state index contributed by atoms with van der Waals surface area (Å²) < 4.78 is 7.28. The molecule has 30 heavy (non-hydrogen) atoms. The highest BCUT2D eigenvalue weighted by Gasteiger charge is 2.03. The first kappa shape index (κ1) is 24.6. The molecule has 3 rings (SSSR count). The van der Waals surface area contributed by atoms with E-state index in [1.165, 1.54) is 10.6 Å². The van der Waals surface area contributed by atoms with E-state index in [9.17, 15) is 0 Å². The number of aryl methyl sites for hydroxylation is 1. The summed E-state index contributed by atoms with van der Waals surface area (Å²) in [6, 6.07) is 13.8. The lowest BCUT2D eigenvalue weighted by Crippen LogP contribution is -2.39. The first-order valence-electron chi connectivity index (χ1n) is 9.60. The van der Waals surface area contributed by atoms with Gasteiger partial charge in [0, 0.05) is 67.1 Å². The van der Waals surface area contributed by atoms with Crippen LogP contribution in [0.15, 0.2) is 69.2 Å². The van der Waals surface area contributed by atoms with Crippen molar-refractivity contribution in [2.45, 2.75) is 17.7 Å². The molecule has 0 aliphatic rings. The van der Waals surface area contributed by atoms with E-state index >= 15 is 0 Å². The molecule has 0 amide bonds. The van der Waals surface area contributed by atoms with Crippen LogP contribution in [0.4, 0.5) is 0 Å². The maximum atomic E-state index is 5.94. The second-order valence-corrected chi connectivity index (χ2v) is 8.02. The number of hydrogen-bond donors (Lipinski definition) is 2. The molecule has 1 aromatic carbocycles. The van der Waals surface area contributed by atoms with Gasteiger partial charge in [0.05, 0.1) is 6.26 Å². The van der Waals surface area contributed by atoms with Gasteiger partial charge in [0.15, 0.2) is 5.96 Å². The third-order valence-electron chi connectivity index (χ3n) is 4.28. The Morgan fingerprint density at radius 3 is 2.63 bits per heavy atom. The number of guanidine groups is 1. The highest BCUT2D eigenvalue weighted by Crippen LogP contribution is 2.19. The number of thioether (sulfide) groups is 1. The molecule has 2 N–H and O–H groups in total. The molecule has 2 aromatic heterocycles. The van der Waals surface area contributed by atoms with E-state index in [4.69, 9.17) is 16.0 Å². The normalized spacial score (nSPS) is 11.2. The Morgan fingerprint density at radius 1 is 1.13 bits per heavy atom. The van der Waals surface area contributed by atoms with E-state index in [-0.39, 0.29) is 24.0 Å². The third kappa shape index (κ3) is 8.61. The van der Waals surface area contributed by atoms with Crippen molar-refractivity contribution in [1.82, 2.24) is 20.4 Å². The first-order valence-corrected chi connectivity index (χ1v) is 11.0. The number of furan rings is 1. The molecular formula is C21H27ClIN5OS. The smallest absolute Gasteiger partial charge is 0.191 e. The lowest BCUT2D eigenvalue weighted by atomic mass is 10.3. The van der Waals surface area contributed by atoms with Gasteiger partial charge in [-0.3, -0.25) is 9.67 Å².